The molecule has 7 nitrogen and oxygen atoms in total. The van der Waals surface area contributed by atoms with Gasteiger partial charge in [-0.05, 0) is 30.0 Å². The predicted molar refractivity (Wildman–Crippen MR) is 102 cm³/mol. The van der Waals surface area contributed by atoms with Crippen molar-refractivity contribution in [2.24, 2.45) is 14.1 Å². The van der Waals surface area contributed by atoms with Crippen LogP contribution in [0, 0.1) is 0 Å². The maximum Gasteiger partial charge on any atom is 0.332 e. The van der Waals surface area contributed by atoms with Gasteiger partial charge in [-0.1, -0.05) is 12.1 Å². The van der Waals surface area contributed by atoms with Gasteiger partial charge in [0.1, 0.15) is 11.7 Å². The molecule has 1 atom stereocenters. The molecule has 0 fully saturated rings. The monoisotopic (exact) mass is 373 g/mol. The largest absolute Gasteiger partial charge is 0.468 e. The number of ether oxygens (including phenoxy) is 1. The van der Waals surface area contributed by atoms with Crippen LogP contribution in [0.4, 0.5) is 5.82 Å². The number of rotatable bonds is 3. The minimum atomic E-state index is -0.892. The molecule has 0 radical (unpaired) electrons. The number of anilines is 1. The number of benzene rings is 1. The number of thioether (sulfide) groups is 1. The van der Waals surface area contributed by atoms with Crippen molar-refractivity contribution in [3.8, 4) is 0 Å². The number of nitrogens with zero attached hydrogens (tertiary/aromatic N) is 2. The Morgan fingerprint density at radius 1 is 1.15 bits per heavy atom. The van der Waals surface area contributed by atoms with Crippen LogP contribution in [0.2, 0.25) is 0 Å². The minimum Gasteiger partial charge on any atom is -0.468 e. The highest BCUT2D eigenvalue weighted by atomic mass is 32.2. The Hall–Kier alpha value is -2.74. The number of nitrogens with one attached hydrogen (secondary N) is 1. The molecule has 1 aliphatic heterocycles. The van der Waals surface area contributed by atoms with Crippen molar-refractivity contribution < 1.29 is 9.53 Å². The summed E-state index contributed by atoms with van der Waals surface area (Å²) in [5.74, 6) is -1.14. The third-order valence-electron chi connectivity index (χ3n) is 4.45. The van der Waals surface area contributed by atoms with Crippen LogP contribution in [0.5, 0.6) is 0 Å². The van der Waals surface area contributed by atoms with Crippen LogP contribution >= 0.6 is 11.8 Å². The van der Waals surface area contributed by atoms with Crippen molar-refractivity contribution in [2.75, 3.05) is 18.7 Å². The highest BCUT2D eigenvalue weighted by Gasteiger charge is 2.33. The van der Waals surface area contributed by atoms with E-state index in [2.05, 4.69) is 5.32 Å². The van der Waals surface area contributed by atoms with Crippen molar-refractivity contribution in [1.29, 1.82) is 0 Å². The van der Waals surface area contributed by atoms with Gasteiger partial charge in [0.25, 0.3) is 5.56 Å². The molecule has 8 heteroatoms. The van der Waals surface area contributed by atoms with Crippen LogP contribution in [0.15, 0.2) is 44.8 Å². The Morgan fingerprint density at radius 3 is 2.38 bits per heavy atom. The lowest BCUT2D eigenvalue weighted by Crippen LogP contribution is -2.43. The fourth-order valence-electron chi connectivity index (χ4n) is 2.97. The Labute approximate surface area is 154 Å². The first-order valence-corrected chi connectivity index (χ1v) is 9.12. The number of fused-ring (bicyclic) bond motifs is 1. The fourth-order valence-corrected chi connectivity index (χ4v) is 3.38. The molecule has 0 aliphatic carbocycles. The summed E-state index contributed by atoms with van der Waals surface area (Å²) in [6.07, 6.45) is 3.65. The second kappa shape index (κ2) is 6.87. The molecule has 2 aromatic rings. The van der Waals surface area contributed by atoms with E-state index in [0.717, 1.165) is 15.0 Å². The van der Waals surface area contributed by atoms with Crippen molar-refractivity contribution in [3.63, 3.8) is 0 Å². The molecule has 0 saturated heterocycles. The predicted octanol–water partition coefficient (Wildman–Crippen LogP) is 1.53. The Morgan fingerprint density at radius 2 is 1.81 bits per heavy atom. The Balaban J connectivity index is 2.21. The Bertz CT molecular complexity index is 1020. The van der Waals surface area contributed by atoms with Crippen molar-refractivity contribution >= 4 is 29.2 Å². The van der Waals surface area contributed by atoms with Crippen LogP contribution in [0.3, 0.4) is 0 Å². The second-order valence-electron chi connectivity index (χ2n) is 5.90. The normalized spacial score (nSPS) is 15.7. The Kier molecular flexibility index (Phi) is 4.78. The minimum absolute atomic E-state index is 0.200. The molecule has 2 heterocycles. The van der Waals surface area contributed by atoms with Gasteiger partial charge in [0.15, 0.2) is 0 Å². The molecule has 1 aromatic carbocycles. The standard InChI is InChI=1S/C18H19N3O4S/c1-20-15-14(16(22)21(2)18(20)24)12(17(23)25-3)9-13(19-15)10-5-7-11(26-4)8-6-10/h5-9,12,19H,1-4H3. The van der Waals surface area contributed by atoms with Crippen molar-refractivity contribution in [3.05, 3.63) is 62.3 Å². The number of aromatic nitrogens is 2. The molecule has 26 heavy (non-hydrogen) atoms. The molecule has 1 N–H and O–H groups in total. The van der Waals surface area contributed by atoms with Crippen LogP contribution in [-0.2, 0) is 23.6 Å². The number of carbonyl (C=O) groups is 1. The van der Waals surface area contributed by atoms with Gasteiger partial charge in [-0.3, -0.25) is 18.7 Å². The third-order valence-corrected chi connectivity index (χ3v) is 5.20. The first kappa shape index (κ1) is 18.1. The molecular weight excluding hydrogens is 354 g/mol. The van der Waals surface area contributed by atoms with Crippen LogP contribution in [-0.4, -0.2) is 28.5 Å². The van der Waals surface area contributed by atoms with E-state index in [1.54, 1.807) is 24.9 Å². The van der Waals surface area contributed by atoms with Crippen LogP contribution < -0.4 is 16.6 Å². The van der Waals surface area contributed by atoms with Gasteiger partial charge in [-0.2, -0.15) is 0 Å². The third kappa shape index (κ3) is 2.86. The molecule has 0 saturated carbocycles. The van der Waals surface area contributed by atoms with Gasteiger partial charge in [0.2, 0.25) is 0 Å². The van der Waals surface area contributed by atoms with Crippen LogP contribution in [0.1, 0.15) is 17.0 Å². The average molecular weight is 373 g/mol. The average Bonchev–Trinajstić information content (AvgIpc) is 2.69. The van der Waals surface area contributed by atoms with Crippen LogP contribution in [0.25, 0.3) is 5.70 Å². The van der Waals surface area contributed by atoms with E-state index in [1.807, 2.05) is 30.5 Å². The van der Waals surface area contributed by atoms with E-state index in [0.29, 0.717) is 11.5 Å². The first-order valence-electron chi connectivity index (χ1n) is 7.90. The van der Waals surface area contributed by atoms with Gasteiger partial charge >= 0.3 is 11.7 Å². The molecule has 1 unspecified atom stereocenters. The number of methoxy groups -OCH3 is 1. The SMILES string of the molecule is COC(=O)C1C=C(c2ccc(SC)cc2)Nc2c1c(=O)n(C)c(=O)n2C. The molecule has 0 spiro atoms. The summed E-state index contributed by atoms with van der Waals surface area (Å²) in [4.78, 5) is 38.3. The zero-order valence-electron chi connectivity index (χ0n) is 14.9. The highest BCUT2D eigenvalue weighted by Crippen LogP contribution is 2.33. The molecule has 0 amide bonds. The summed E-state index contributed by atoms with van der Waals surface area (Å²) in [5.41, 5.74) is 0.702. The highest BCUT2D eigenvalue weighted by molar-refractivity contribution is 7.98. The van der Waals surface area contributed by atoms with Gasteiger partial charge in [0, 0.05) is 24.7 Å². The molecule has 136 valence electrons. The smallest absolute Gasteiger partial charge is 0.332 e. The number of esters is 1. The first-order chi connectivity index (χ1) is 12.4. The number of carbonyl (C=O) groups excluding carboxylic acids is 1. The molecular formula is C18H19N3O4S. The molecule has 1 aromatic heterocycles. The zero-order valence-corrected chi connectivity index (χ0v) is 15.7. The van der Waals surface area contributed by atoms with Gasteiger partial charge in [-0.15, -0.1) is 11.8 Å². The van der Waals surface area contributed by atoms with E-state index in [1.165, 1.54) is 18.7 Å². The van der Waals surface area contributed by atoms with Gasteiger partial charge in [0.05, 0.1) is 12.7 Å². The summed E-state index contributed by atoms with van der Waals surface area (Å²) < 4.78 is 7.20. The summed E-state index contributed by atoms with van der Waals surface area (Å²) in [6, 6.07) is 7.77. The maximum absolute atomic E-state index is 12.6. The summed E-state index contributed by atoms with van der Waals surface area (Å²) in [6.45, 7) is 0. The summed E-state index contributed by atoms with van der Waals surface area (Å²) >= 11 is 1.63. The summed E-state index contributed by atoms with van der Waals surface area (Å²) in [7, 11) is 4.22. The molecule has 3 rings (SSSR count). The number of hydrogen-bond donors (Lipinski definition) is 1. The van der Waals surface area contributed by atoms with Gasteiger partial charge in [-0.25, -0.2) is 4.79 Å². The number of hydrogen-bond acceptors (Lipinski definition) is 6. The quantitative estimate of drug-likeness (QED) is 0.649. The fraction of sp³-hybridized carbons (Fsp3) is 0.278. The maximum atomic E-state index is 12.6. The van der Waals surface area contributed by atoms with Gasteiger partial charge < -0.3 is 10.1 Å². The lowest BCUT2D eigenvalue weighted by Gasteiger charge is -2.26. The molecule has 1 aliphatic rings. The second-order valence-corrected chi connectivity index (χ2v) is 6.78. The van der Waals surface area contributed by atoms with Crippen molar-refractivity contribution in [1.82, 2.24) is 9.13 Å². The lowest BCUT2D eigenvalue weighted by molar-refractivity contribution is -0.141. The van der Waals surface area contributed by atoms with E-state index in [9.17, 15) is 14.4 Å². The van der Waals surface area contributed by atoms with E-state index in [-0.39, 0.29) is 5.56 Å². The summed E-state index contributed by atoms with van der Waals surface area (Å²) in [5, 5.41) is 3.13. The van der Waals surface area contributed by atoms with E-state index in [4.69, 9.17) is 4.74 Å². The topological polar surface area (TPSA) is 82.3 Å². The zero-order chi connectivity index (χ0) is 19.0. The van der Waals surface area contributed by atoms with Crippen molar-refractivity contribution in [2.45, 2.75) is 10.8 Å². The lowest BCUT2D eigenvalue weighted by atomic mass is 9.94. The molecule has 0 bridgehead atoms. The van der Waals surface area contributed by atoms with E-state index >= 15 is 0 Å². The van der Waals surface area contributed by atoms with E-state index < -0.39 is 23.1 Å².